The largest absolute Gasteiger partial charge is 0.477 e. The van der Waals surface area contributed by atoms with Gasteiger partial charge in [0.15, 0.2) is 12.4 Å². The highest BCUT2D eigenvalue weighted by Crippen LogP contribution is 2.44. The molecule has 0 amide bonds. The highest BCUT2D eigenvalue weighted by Gasteiger charge is 2.43. The molecule has 26 heavy (non-hydrogen) atoms. The molecule has 1 aromatic rings. The maximum Gasteiger partial charge on any atom is 0.353 e. The van der Waals surface area contributed by atoms with E-state index in [0.29, 0.717) is 22.8 Å². The first kappa shape index (κ1) is 17.4. The molecule has 7 heteroatoms. The lowest BCUT2D eigenvalue weighted by Crippen LogP contribution is -2.52. The molecule has 0 saturated carbocycles. The molecule has 3 aliphatic heterocycles. The number of hydrogen-bond donors (Lipinski definition) is 2. The minimum absolute atomic E-state index is 0.418. The van der Waals surface area contributed by atoms with Crippen molar-refractivity contribution in [1.82, 2.24) is 9.80 Å². The van der Waals surface area contributed by atoms with E-state index < -0.39 is 5.97 Å². The Hall–Kier alpha value is -2.02. The van der Waals surface area contributed by atoms with E-state index in [9.17, 15) is 9.90 Å². The number of fused-ring (bicyclic) bond motifs is 1. The molecule has 4 rings (SSSR count). The fourth-order valence-corrected chi connectivity index (χ4v) is 5.39. The lowest BCUT2D eigenvalue weighted by atomic mass is 10.0. The van der Waals surface area contributed by atoms with Crippen molar-refractivity contribution < 1.29 is 14.5 Å². The standard InChI is InChI=1S/C19H24N4O2S/c20-17(5-4-9-21-7-2-1-3-8-21)22-12-15(13-22)26-16-11-14-6-10-23(14)18(16)19(24)25/h1-3,7-8,14-15,20H,4-6,9-13H2/p+1. The summed E-state index contributed by atoms with van der Waals surface area (Å²) in [5.41, 5.74) is 0.541. The number of carbonyl (C=O) groups is 1. The van der Waals surface area contributed by atoms with Gasteiger partial charge in [0, 0.05) is 67.2 Å². The number of hydrogen-bond acceptors (Lipinski definition) is 4. The topological polar surface area (TPSA) is 71.5 Å². The Balaban J connectivity index is 1.21. The summed E-state index contributed by atoms with van der Waals surface area (Å²) in [6, 6.07) is 6.48. The van der Waals surface area contributed by atoms with Gasteiger partial charge in [-0.3, -0.25) is 5.41 Å². The van der Waals surface area contributed by atoms with E-state index in [1.54, 1.807) is 11.8 Å². The number of aliphatic carboxylic acids is 1. The van der Waals surface area contributed by atoms with E-state index in [0.717, 1.165) is 56.8 Å². The Morgan fingerprint density at radius 3 is 2.73 bits per heavy atom. The van der Waals surface area contributed by atoms with Crippen LogP contribution in [-0.2, 0) is 11.3 Å². The van der Waals surface area contributed by atoms with Crippen LogP contribution in [0.5, 0.6) is 0 Å². The second-order valence-electron chi connectivity index (χ2n) is 7.23. The van der Waals surface area contributed by atoms with E-state index in [1.807, 2.05) is 23.1 Å². The quantitative estimate of drug-likeness (QED) is 0.434. The van der Waals surface area contributed by atoms with Gasteiger partial charge in [-0.2, -0.15) is 0 Å². The third-order valence-corrected chi connectivity index (χ3v) is 6.74. The number of amidine groups is 1. The lowest BCUT2D eigenvalue weighted by molar-refractivity contribution is -0.697. The lowest BCUT2D eigenvalue weighted by Gasteiger charge is -2.40. The molecule has 2 N–H and O–H groups in total. The molecule has 0 spiro atoms. The van der Waals surface area contributed by atoms with Crippen molar-refractivity contribution in [3.8, 4) is 0 Å². The molecule has 2 fully saturated rings. The van der Waals surface area contributed by atoms with Crippen LogP contribution >= 0.6 is 11.8 Å². The molecule has 138 valence electrons. The number of aryl methyl sites for hydroxylation is 1. The first-order chi connectivity index (χ1) is 12.6. The average molecular weight is 374 g/mol. The summed E-state index contributed by atoms with van der Waals surface area (Å²) < 4.78 is 2.14. The summed E-state index contributed by atoms with van der Waals surface area (Å²) in [6.07, 6.45) is 7.87. The number of carboxylic acids is 1. The van der Waals surface area contributed by atoms with Crippen LogP contribution in [0, 0.1) is 5.41 Å². The second kappa shape index (κ2) is 7.31. The minimum atomic E-state index is -0.781. The number of rotatable bonds is 7. The zero-order chi connectivity index (χ0) is 18.1. The third-order valence-electron chi connectivity index (χ3n) is 5.46. The highest BCUT2D eigenvalue weighted by molar-refractivity contribution is 8.03. The molecule has 0 aliphatic carbocycles. The van der Waals surface area contributed by atoms with Crippen LogP contribution in [0.25, 0.3) is 0 Å². The average Bonchev–Trinajstić information content (AvgIpc) is 2.82. The zero-order valence-corrected chi connectivity index (χ0v) is 15.6. The molecular weight excluding hydrogens is 348 g/mol. The monoisotopic (exact) mass is 373 g/mol. The molecule has 1 unspecified atom stereocenters. The molecule has 0 radical (unpaired) electrons. The van der Waals surface area contributed by atoms with E-state index in [4.69, 9.17) is 5.41 Å². The van der Waals surface area contributed by atoms with Crippen LogP contribution in [0.4, 0.5) is 0 Å². The predicted molar refractivity (Wildman–Crippen MR) is 101 cm³/mol. The fourth-order valence-electron chi connectivity index (χ4n) is 3.87. The van der Waals surface area contributed by atoms with Gasteiger partial charge in [0.1, 0.15) is 12.2 Å². The molecule has 1 atom stereocenters. The molecule has 4 heterocycles. The Bertz CT molecular complexity index is 730. The van der Waals surface area contributed by atoms with Crippen LogP contribution in [0.1, 0.15) is 25.7 Å². The summed E-state index contributed by atoms with van der Waals surface area (Å²) in [6.45, 7) is 3.55. The number of nitrogens with one attached hydrogen (secondary N) is 1. The van der Waals surface area contributed by atoms with E-state index >= 15 is 0 Å². The number of carboxylic acid groups (broad SMARTS) is 1. The Morgan fingerprint density at radius 2 is 2.08 bits per heavy atom. The van der Waals surface area contributed by atoms with Gasteiger partial charge in [-0.05, 0) is 6.42 Å². The number of aromatic nitrogens is 1. The van der Waals surface area contributed by atoms with E-state index in [-0.39, 0.29) is 0 Å². The van der Waals surface area contributed by atoms with Crippen LogP contribution in [0.3, 0.4) is 0 Å². The molecule has 6 nitrogen and oxygen atoms in total. The molecule has 3 aliphatic rings. The van der Waals surface area contributed by atoms with Crippen molar-refractivity contribution in [3.05, 3.63) is 41.2 Å². The van der Waals surface area contributed by atoms with Gasteiger partial charge in [-0.25, -0.2) is 9.36 Å². The van der Waals surface area contributed by atoms with Crippen molar-refractivity contribution in [3.63, 3.8) is 0 Å². The number of pyridine rings is 1. The first-order valence-corrected chi connectivity index (χ1v) is 10.2. The second-order valence-corrected chi connectivity index (χ2v) is 8.62. The van der Waals surface area contributed by atoms with Crippen molar-refractivity contribution in [1.29, 1.82) is 5.41 Å². The molecular formula is C19H25N4O2S+. The first-order valence-electron chi connectivity index (χ1n) is 9.28. The van der Waals surface area contributed by atoms with Crippen LogP contribution in [0.15, 0.2) is 41.2 Å². The Labute approximate surface area is 158 Å². The Morgan fingerprint density at radius 1 is 1.31 bits per heavy atom. The molecule has 0 bridgehead atoms. The summed E-state index contributed by atoms with van der Waals surface area (Å²) >= 11 is 1.73. The van der Waals surface area contributed by atoms with Crippen LogP contribution < -0.4 is 4.57 Å². The van der Waals surface area contributed by atoms with Crippen molar-refractivity contribution in [2.75, 3.05) is 19.6 Å². The SMILES string of the molecule is N=C(CCC[n+]1ccccc1)N1CC(SC2=C(C(=O)O)N3CCC3C2)C1. The van der Waals surface area contributed by atoms with Gasteiger partial charge in [-0.15, -0.1) is 11.8 Å². The fraction of sp³-hybridized carbons (Fsp3) is 0.526. The smallest absolute Gasteiger partial charge is 0.353 e. The predicted octanol–water partition coefficient (Wildman–Crippen LogP) is 1.92. The van der Waals surface area contributed by atoms with Crippen molar-refractivity contribution >= 4 is 23.6 Å². The zero-order valence-electron chi connectivity index (χ0n) is 14.8. The minimum Gasteiger partial charge on any atom is -0.477 e. The van der Waals surface area contributed by atoms with Gasteiger partial charge < -0.3 is 14.9 Å². The summed E-state index contributed by atoms with van der Waals surface area (Å²) in [5.74, 6) is -0.0712. The van der Waals surface area contributed by atoms with Gasteiger partial charge in [0.25, 0.3) is 0 Å². The van der Waals surface area contributed by atoms with Gasteiger partial charge >= 0.3 is 5.97 Å². The summed E-state index contributed by atoms with van der Waals surface area (Å²) in [5, 5.41) is 18.2. The van der Waals surface area contributed by atoms with Gasteiger partial charge in [0.2, 0.25) is 0 Å². The van der Waals surface area contributed by atoms with Crippen LogP contribution in [0.2, 0.25) is 0 Å². The molecule has 0 aromatic carbocycles. The maximum absolute atomic E-state index is 11.5. The molecule has 2 saturated heterocycles. The third kappa shape index (κ3) is 3.45. The van der Waals surface area contributed by atoms with Crippen molar-refractivity contribution in [2.24, 2.45) is 0 Å². The van der Waals surface area contributed by atoms with Crippen LogP contribution in [-0.4, -0.2) is 57.6 Å². The van der Waals surface area contributed by atoms with Gasteiger partial charge in [0.05, 0.1) is 5.84 Å². The Kier molecular flexibility index (Phi) is 4.89. The number of nitrogens with zero attached hydrogens (tertiary/aromatic N) is 3. The maximum atomic E-state index is 11.5. The van der Waals surface area contributed by atoms with E-state index in [2.05, 4.69) is 21.9 Å². The van der Waals surface area contributed by atoms with Gasteiger partial charge in [-0.1, -0.05) is 6.07 Å². The summed E-state index contributed by atoms with van der Waals surface area (Å²) in [4.78, 5) is 16.8. The van der Waals surface area contributed by atoms with E-state index in [1.165, 1.54) is 0 Å². The molecule has 1 aromatic heterocycles. The van der Waals surface area contributed by atoms with Crippen molar-refractivity contribution in [2.45, 2.75) is 43.5 Å². The summed E-state index contributed by atoms with van der Waals surface area (Å²) in [7, 11) is 0. The number of thioether (sulfide) groups is 1. The highest BCUT2D eigenvalue weighted by atomic mass is 32.2. The normalized spacial score (nSPS) is 22.1. The number of likely N-dealkylation sites (tertiary alicyclic amines) is 1.